The summed E-state index contributed by atoms with van der Waals surface area (Å²) in [5.74, 6) is 0.776. The second-order valence-corrected chi connectivity index (χ2v) is 5.20. The molecule has 0 unspecified atom stereocenters. The number of aryl methyl sites for hydroxylation is 2. The van der Waals surface area contributed by atoms with Crippen molar-refractivity contribution in [3.05, 3.63) is 57.6 Å². The first-order chi connectivity index (χ1) is 8.58. The van der Waals surface area contributed by atoms with Gasteiger partial charge in [0.25, 0.3) is 0 Å². The Hall–Kier alpha value is -1.48. The van der Waals surface area contributed by atoms with Gasteiger partial charge >= 0.3 is 0 Å². The smallest absolute Gasteiger partial charge is 0.136 e. The number of hydrogen-bond donors (Lipinski definition) is 1. The van der Waals surface area contributed by atoms with Crippen LogP contribution in [0.4, 0.5) is 5.69 Å². The lowest BCUT2D eigenvalue weighted by Gasteiger charge is -2.13. The van der Waals surface area contributed by atoms with E-state index in [4.69, 9.17) is 10.5 Å². The zero-order valence-corrected chi connectivity index (χ0v) is 12.1. The first-order valence-electron chi connectivity index (χ1n) is 5.81. The van der Waals surface area contributed by atoms with Gasteiger partial charge in [0, 0.05) is 11.8 Å². The summed E-state index contributed by atoms with van der Waals surface area (Å²) in [5.41, 5.74) is 10.2. The average molecular weight is 306 g/mol. The molecule has 94 valence electrons. The lowest BCUT2D eigenvalue weighted by molar-refractivity contribution is 0.303. The molecular weight excluding hydrogens is 290 g/mol. The number of halogens is 1. The molecule has 2 N–H and O–H groups in total. The van der Waals surface area contributed by atoms with Gasteiger partial charge in [-0.2, -0.15) is 0 Å². The Morgan fingerprint density at radius 2 is 1.78 bits per heavy atom. The summed E-state index contributed by atoms with van der Waals surface area (Å²) in [4.78, 5) is 0. The Morgan fingerprint density at radius 3 is 2.44 bits per heavy atom. The Morgan fingerprint density at radius 1 is 1.11 bits per heavy atom. The summed E-state index contributed by atoms with van der Waals surface area (Å²) in [6.07, 6.45) is 0. The van der Waals surface area contributed by atoms with Crippen molar-refractivity contribution in [1.29, 1.82) is 0 Å². The summed E-state index contributed by atoms with van der Waals surface area (Å²) < 4.78 is 6.76. The number of benzene rings is 2. The molecule has 0 heterocycles. The van der Waals surface area contributed by atoms with Gasteiger partial charge in [0.15, 0.2) is 0 Å². The maximum atomic E-state index is 5.84. The highest BCUT2D eigenvalue weighted by Crippen LogP contribution is 2.28. The molecule has 2 rings (SSSR count). The van der Waals surface area contributed by atoms with Crippen molar-refractivity contribution in [2.45, 2.75) is 20.5 Å². The van der Waals surface area contributed by atoms with Gasteiger partial charge in [-0.05, 0) is 58.6 Å². The quantitative estimate of drug-likeness (QED) is 0.861. The first kappa shape index (κ1) is 13.0. The lowest BCUT2D eigenvalue weighted by Crippen LogP contribution is -2.01. The maximum absolute atomic E-state index is 5.84. The second-order valence-electron chi connectivity index (χ2n) is 4.35. The largest absolute Gasteiger partial charge is 0.488 e. The van der Waals surface area contributed by atoms with E-state index in [2.05, 4.69) is 48.0 Å². The van der Waals surface area contributed by atoms with Gasteiger partial charge in [-0.1, -0.05) is 18.2 Å². The Kier molecular flexibility index (Phi) is 3.92. The monoisotopic (exact) mass is 305 g/mol. The van der Waals surface area contributed by atoms with E-state index in [-0.39, 0.29) is 0 Å². The minimum absolute atomic E-state index is 0.556. The maximum Gasteiger partial charge on any atom is 0.136 e. The summed E-state index contributed by atoms with van der Waals surface area (Å²) >= 11 is 3.46. The van der Waals surface area contributed by atoms with Crippen molar-refractivity contribution < 1.29 is 4.74 Å². The fourth-order valence-electron chi connectivity index (χ4n) is 1.86. The molecule has 2 nitrogen and oxygen atoms in total. The van der Waals surface area contributed by atoms with Crippen molar-refractivity contribution in [3.8, 4) is 5.75 Å². The molecule has 0 aliphatic rings. The molecule has 0 aromatic heterocycles. The first-order valence-corrected chi connectivity index (χ1v) is 6.60. The zero-order valence-electron chi connectivity index (χ0n) is 10.5. The number of nitrogen functional groups attached to an aromatic ring is 1. The summed E-state index contributed by atoms with van der Waals surface area (Å²) in [6, 6.07) is 11.8. The molecule has 2 aromatic carbocycles. The number of hydrogen-bond acceptors (Lipinski definition) is 2. The Bertz CT molecular complexity index is 546. The van der Waals surface area contributed by atoms with Crippen LogP contribution in [0.1, 0.15) is 16.7 Å². The molecule has 0 aliphatic carbocycles. The van der Waals surface area contributed by atoms with E-state index >= 15 is 0 Å². The highest BCUT2D eigenvalue weighted by Gasteiger charge is 2.06. The summed E-state index contributed by atoms with van der Waals surface area (Å²) in [7, 11) is 0. The molecular formula is C15H16BrNO. The third-order valence-electron chi connectivity index (χ3n) is 2.97. The SMILES string of the molecule is Cc1cccc(C)c1COc1cc(N)ccc1Br. The minimum atomic E-state index is 0.556. The van der Waals surface area contributed by atoms with Gasteiger partial charge in [-0.3, -0.25) is 0 Å². The van der Waals surface area contributed by atoms with Crippen LogP contribution in [-0.4, -0.2) is 0 Å². The summed E-state index contributed by atoms with van der Waals surface area (Å²) in [6.45, 7) is 4.75. The van der Waals surface area contributed by atoms with Crippen LogP contribution in [0.2, 0.25) is 0 Å². The van der Waals surface area contributed by atoms with Crippen molar-refractivity contribution in [2.24, 2.45) is 0 Å². The normalized spacial score (nSPS) is 10.4. The van der Waals surface area contributed by atoms with Gasteiger partial charge in [0.2, 0.25) is 0 Å². The molecule has 0 amide bonds. The molecule has 0 spiro atoms. The Labute approximate surface area is 116 Å². The molecule has 2 aromatic rings. The molecule has 0 atom stereocenters. The fraction of sp³-hybridized carbons (Fsp3) is 0.200. The Balaban J connectivity index is 2.19. The van der Waals surface area contributed by atoms with Crippen LogP contribution >= 0.6 is 15.9 Å². The van der Waals surface area contributed by atoms with Crippen LogP contribution in [-0.2, 0) is 6.61 Å². The lowest BCUT2D eigenvalue weighted by atomic mass is 10.0. The number of nitrogens with two attached hydrogens (primary N) is 1. The van der Waals surface area contributed by atoms with Crippen molar-refractivity contribution in [1.82, 2.24) is 0 Å². The predicted octanol–water partition coefficient (Wildman–Crippen LogP) is 4.23. The molecule has 18 heavy (non-hydrogen) atoms. The minimum Gasteiger partial charge on any atom is -0.488 e. The van der Waals surface area contributed by atoms with Crippen molar-refractivity contribution in [3.63, 3.8) is 0 Å². The molecule has 0 saturated carbocycles. The van der Waals surface area contributed by atoms with Crippen LogP contribution in [0.5, 0.6) is 5.75 Å². The van der Waals surface area contributed by atoms with E-state index in [9.17, 15) is 0 Å². The molecule has 0 fully saturated rings. The fourth-order valence-corrected chi connectivity index (χ4v) is 2.22. The van der Waals surface area contributed by atoms with Crippen molar-refractivity contribution in [2.75, 3.05) is 5.73 Å². The van der Waals surface area contributed by atoms with E-state index in [1.54, 1.807) is 0 Å². The van der Waals surface area contributed by atoms with Crippen LogP contribution < -0.4 is 10.5 Å². The van der Waals surface area contributed by atoms with Crippen LogP contribution in [0.15, 0.2) is 40.9 Å². The zero-order chi connectivity index (χ0) is 13.1. The number of ether oxygens (including phenoxy) is 1. The van der Waals surface area contributed by atoms with E-state index in [1.165, 1.54) is 16.7 Å². The molecule has 0 aliphatic heterocycles. The second kappa shape index (κ2) is 5.44. The van der Waals surface area contributed by atoms with Gasteiger partial charge < -0.3 is 10.5 Å². The van der Waals surface area contributed by atoms with E-state index in [0.29, 0.717) is 12.3 Å². The third kappa shape index (κ3) is 2.85. The topological polar surface area (TPSA) is 35.2 Å². The van der Waals surface area contributed by atoms with Gasteiger partial charge in [-0.15, -0.1) is 0 Å². The standard InChI is InChI=1S/C15H16BrNO/c1-10-4-3-5-11(2)13(10)9-18-15-8-12(17)6-7-14(15)16/h3-8H,9,17H2,1-2H3. The highest BCUT2D eigenvalue weighted by molar-refractivity contribution is 9.10. The van der Waals surface area contributed by atoms with Crippen LogP contribution in [0.3, 0.4) is 0 Å². The van der Waals surface area contributed by atoms with E-state index in [0.717, 1.165) is 10.2 Å². The van der Waals surface area contributed by atoms with Crippen LogP contribution in [0, 0.1) is 13.8 Å². The summed E-state index contributed by atoms with van der Waals surface area (Å²) in [5, 5.41) is 0. The molecule has 3 heteroatoms. The molecule has 0 bridgehead atoms. The highest BCUT2D eigenvalue weighted by atomic mass is 79.9. The van der Waals surface area contributed by atoms with Crippen molar-refractivity contribution >= 4 is 21.6 Å². The van der Waals surface area contributed by atoms with Gasteiger partial charge in [0.1, 0.15) is 12.4 Å². The third-order valence-corrected chi connectivity index (χ3v) is 3.63. The van der Waals surface area contributed by atoms with Gasteiger partial charge in [-0.25, -0.2) is 0 Å². The molecule has 0 saturated heterocycles. The van der Waals surface area contributed by atoms with Crippen LogP contribution in [0.25, 0.3) is 0 Å². The predicted molar refractivity (Wildman–Crippen MR) is 78.8 cm³/mol. The number of rotatable bonds is 3. The van der Waals surface area contributed by atoms with Gasteiger partial charge in [0.05, 0.1) is 4.47 Å². The molecule has 0 radical (unpaired) electrons. The van der Waals surface area contributed by atoms with E-state index in [1.807, 2.05) is 18.2 Å². The van der Waals surface area contributed by atoms with E-state index < -0.39 is 0 Å². The average Bonchev–Trinajstić information content (AvgIpc) is 2.33. The number of anilines is 1.